The van der Waals surface area contributed by atoms with Crippen LogP contribution in [-0.2, 0) is 6.42 Å². The van der Waals surface area contributed by atoms with Gasteiger partial charge in [-0.2, -0.15) is 0 Å². The van der Waals surface area contributed by atoms with E-state index < -0.39 is 0 Å². The largest absolute Gasteiger partial charge is 0.330 e. The Morgan fingerprint density at radius 1 is 1.28 bits per heavy atom. The average molecular weight is 249 g/mol. The standard InChI is InChI=1S/C16H24FN/c1-2-13-7-9-16(12-18,10-8-13)11-14-5-3-4-6-15(14)17/h3-6,13H,2,7-12,18H2,1H3. The zero-order chi connectivity index (χ0) is 13.0. The van der Waals surface area contributed by atoms with Crippen LogP contribution in [-0.4, -0.2) is 6.54 Å². The highest BCUT2D eigenvalue weighted by molar-refractivity contribution is 5.19. The Hall–Kier alpha value is -0.890. The van der Waals surface area contributed by atoms with Crippen molar-refractivity contribution in [3.63, 3.8) is 0 Å². The Kier molecular flexibility index (Phi) is 4.39. The first-order valence-corrected chi connectivity index (χ1v) is 7.12. The van der Waals surface area contributed by atoms with Crippen molar-refractivity contribution in [1.29, 1.82) is 0 Å². The highest BCUT2D eigenvalue weighted by atomic mass is 19.1. The molecule has 0 aliphatic heterocycles. The maximum Gasteiger partial charge on any atom is 0.126 e. The third kappa shape index (κ3) is 2.92. The first kappa shape index (κ1) is 13.5. The monoisotopic (exact) mass is 249 g/mol. The molecule has 2 N–H and O–H groups in total. The van der Waals surface area contributed by atoms with Crippen LogP contribution < -0.4 is 5.73 Å². The summed E-state index contributed by atoms with van der Waals surface area (Å²) in [5, 5.41) is 0. The van der Waals surface area contributed by atoms with Gasteiger partial charge in [0.25, 0.3) is 0 Å². The zero-order valence-electron chi connectivity index (χ0n) is 11.3. The Bertz CT molecular complexity index is 380. The molecule has 1 aliphatic carbocycles. The molecule has 1 nitrogen and oxygen atoms in total. The lowest BCUT2D eigenvalue weighted by Crippen LogP contribution is -2.37. The van der Waals surface area contributed by atoms with Gasteiger partial charge in [-0.3, -0.25) is 0 Å². The van der Waals surface area contributed by atoms with Gasteiger partial charge in [0, 0.05) is 0 Å². The number of benzene rings is 1. The molecule has 2 rings (SSSR count). The van der Waals surface area contributed by atoms with Crippen molar-refractivity contribution in [1.82, 2.24) is 0 Å². The molecule has 1 aromatic rings. The summed E-state index contributed by atoms with van der Waals surface area (Å²) in [6, 6.07) is 7.12. The van der Waals surface area contributed by atoms with E-state index in [0.717, 1.165) is 30.7 Å². The fraction of sp³-hybridized carbons (Fsp3) is 0.625. The molecule has 100 valence electrons. The van der Waals surface area contributed by atoms with Crippen LogP contribution in [0.2, 0.25) is 0 Å². The van der Waals surface area contributed by atoms with Gasteiger partial charge in [0.1, 0.15) is 5.82 Å². The Balaban J connectivity index is 2.08. The average Bonchev–Trinajstić information content (AvgIpc) is 2.42. The summed E-state index contributed by atoms with van der Waals surface area (Å²) in [4.78, 5) is 0. The van der Waals surface area contributed by atoms with Gasteiger partial charge in [0.05, 0.1) is 0 Å². The van der Waals surface area contributed by atoms with Gasteiger partial charge in [-0.05, 0) is 61.6 Å². The molecule has 0 atom stereocenters. The molecule has 0 amide bonds. The van der Waals surface area contributed by atoms with Crippen LogP contribution in [0.3, 0.4) is 0 Å². The van der Waals surface area contributed by atoms with E-state index in [0.29, 0.717) is 6.54 Å². The van der Waals surface area contributed by atoms with Gasteiger partial charge in [-0.1, -0.05) is 31.5 Å². The Labute approximate surface area is 110 Å². The topological polar surface area (TPSA) is 26.0 Å². The number of halogens is 1. The molecule has 0 aromatic heterocycles. The van der Waals surface area contributed by atoms with Crippen molar-refractivity contribution in [2.75, 3.05) is 6.54 Å². The molecular formula is C16H24FN. The van der Waals surface area contributed by atoms with Crippen LogP contribution in [0.15, 0.2) is 24.3 Å². The minimum absolute atomic E-state index is 0.0806. The summed E-state index contributed by atoms with van der Waals surface area (Å²) in [5.41, 5.74) is 6.96. The fourth-order valence-corrected chi connectivity index (χ4v) is 3.20. The first-order chi connectivity index (χ1) is 8.69. The van der Waals surface area contributed by atoms with Crippen molar-refractivity contribution < 1.29 is 4.39 Å². The van der Waals surface area contributed by atoms with Crippen molar-refractivity contribution in [2.24, 2.45) is 17.1 Å². The third-order valence-electron chi connectivity index (χ3n) is 4.70. The van der Waals surface area contributed by atoms with E-state index in [4.69, 9.17) is 5.73 Å². The van der Waals surface area contributed by atoms with Gasteiger partial charge in [-0.15, -0.1) is 0 Å². The molecule has 0 heterocycles. The van der Waals surface area contributed by atoms with Crippen LogP contribution >= 0.6 is 0 Å². The molecule has 1 aliphatic rings. The molecule has 18 heavy (non-hydrogen) atoms. The molecule has 0 radical (unpaired) electrons. The van der Waals surface area contributed by atoms with Gasteiger partial charge in [-0.25, -0.2) is 4.39 Å². The van der Waals surface area contributed by atoms with Crippen molar-refractivity contribution in [3.05, 3.63) is 35.6 Å². The number of hydrogen-bond acceptors (Lipinski definition) is 1. The minimum Gasteiger partial charge on any atom is -0.330 e. The summed E-state index contributed by atoms with van der Waals surface area (Å²) in [6.45, 7) is 2.94. The van der Waals surface area contributed by atoms with Gasteiger partial charge < -0.3 is 5.73 Å². The van der Waals surface area contributed by atoms with E-state index in [1.807, 2.05) is 12.1 Å². The number of hydrogen-bond donors (Lipinski definition) is 1. The molecular weight excluding hydrogens is 225 g/mol. The summed E-state index contributed by atoms with van der Waals surface area (Å²) >= 11 is 0. The van der Waals surface area contributed by atoms with E-state index in [1.165, 1.54) is 19.3 Å². The highest BCUT2D eigenvalue weighted by Crippen LogP contribution is 2.41. The van der Waals surface area contributed by atoms with E-state index in [9.17, 15) is 4.39 Å². The van der Waals surface area contributed by atoms with Gasteiger partial charge in [0.15, 0.2) is 0 Å². The second-order valence-corrected chi connectivity index (χ2v) is 5.82. The molecule has 0 unspecified atom stereocenters. The van der Waals surface area contributed by atoms with E-state index >= 15 is 0 Å². The minimum atomic E-state index is -0.0806. The first-order valence-electron chi connectivity index (χ1n) is 7.12. The molecule has 1 saturated carbocycles. The predicted octanol–water partition coefficient (Wildman–Crippen LogP) is 3.91. The fourth-order valence-electron chi connectivity index (χ4n) is 3.20. The third-order valence-corrected chi connectivity index (χ3v) is 4.70. The maximum absolute atomic E-state index is 13.8. The number of rotatable bonds is 4. The lowest BCUT2D eigenvalue weighted by atomic mass is 9.67. The van der Waals surface area contributed by atoms with Crippen LogP contribution in [0.1, 0.15) is 44.6 Å². The summed E-state index contributed by atoms with van der Waals surface area (Å²) in [6.07, 6.45) is 6.87. The summed E-state index contributed by atoms with van der Waals surface area (Å²) in [7, 11) is 0. The van der Waals surface area contributed by atoms with E-state index in [-0.39, 0.29) is 11.2 Å². The van der Waals surface area contributed by atoms with Crippen molar-refractivity contribution in [3.8, 4) is 0 Å². The van der Waals surface area contributed by atoms with E-state index in [1.54, 1.807) is 12.1 Å². The van der Waals surface area contributed by atoms with Crippen molar-refractivity contribution >= 4 is 0 Å². The highest BCUT2D eigenvalue weighted by Gasteiger charge is 2.34. The Morgan fingerprint density at radius 3 is 2.50 bits per heavy atom. The maximum atomic E-state index is 13.8. The zero-order valence-corrected chi connectivity index (χ0v) is 11.3. The molecule has 0 bridgehead atoms. The molecule has 0 spiro atoms. The Morgan fingerprint density at radius 2 is 1.94 bits per heavy atom. The normalized spacial score (nSPS) is 28.3. The predicted molar refractivity (Wildman–Crippen MR) is 73.8 cm³/mol. The second kappa shape index (κ2) is 5.83. The SMILES string of the molecule is CCC1CCC(CN)(Cc2ccccc2F)CC1. The summed E-state index contributed by atoms with van der Waals surface area (Å²) < 4.78 is 13.8. The van der Waals surface area contributed by atoms with E-state index in [2.05, 4.69) is 6.92 Å². The molecule has 1 aromatic carbocycles. The lowest BCUT2D eigenvalue weighted by molar-refractivity contribution is 0.152. The molecule has 2 heteroatoms. The lowest BCUT2D eigenvalue weighted by Gasteiger charge is -2.39. The van der Waals surface area contributed by atoms with Crippen LogP contribution in [0.4, 0.5) is 4.39 Å². The van der Waals surface area contributed by atoms with Crippen LogP contribution in [0.5, 0.6) is 0 Å². The number of nitrogens with two attached hydrogens (primary N) is 1. The second-order valence-electron chi connectivity index (χ2n) is 5.82. The van der Waals surface area contributed by atoms with Crippen LogP contribution in [0.25, 0.3) is 0 Å². The molecule has 0 saturated heterocycles. The smallest absolute Gasteiger partial charge is 0.126 e. The quantitative estimate of drug-likeness (QED) is 0.860. The summed E-state index contributed by atoms with van der Waals surface area (Å²) in [5.74, 6) is 0.772. The van der Waals surface area contributed by atoms with Gasteiger partial charge in [0.2, 0.25) is 0 Å². The molecule has 1 fully saturated rings. The van der Waals surface area contributed by atoms with Crippen molar-refractivity contribution in [2.45, 2.75) is 45.4 Å². The van der Waals surface area contributed by atoms with Crippen LogP contribution in [0, 0.1) is 17.2 Å². The van der Waals surface area contributed by atoms with Gasteiger partial charge >= 0.3 is 0 Å².